The standard InChI is InChI=1S/C32H44F3N5O6/c1-20(2)16-26(29(42)38-25(31(44)45)10-6-7-15-36)40-30(43)27(39-28(41)24(37)17-21-8-4-3-5-9-21)18-22-11-13-23(14-12-22)46-19-32(33,34)35/h3-5,8-9,11-14,20,24-27H,6-7,10,15-19,36-37H2,1-2H3,(H,38,42)(H,39,41)(H,40,43)(H,44,45)/t24-,25-,26-,27-/m1/s1. The fraction of sp³-hybridized carbons (Fsp3) is 0.500. The van der Waals surface area contributed by atoms with Gasteiger partial charge >= 0.3 is 12.1 Å². The van der Waals surface area contributed by atoms with Crippen LogP contribution in [0.25, 0.3) is 0 Å². The van der Waals surface area contributed by atoms with Crippen LogP contribution in [0.1, 0.15) is 50.7 Å². The molecule has 0 aliphatic heterocycles. The number of carboxylic acids is 1. The van der Waals surface area contributed by atoms with Gasteiger partial charge in [0.2, 0.25) is 17.7 Å². The number of halogens is 3. The fourth-order valence-electron chi connectivity index (χ4n) is 4.57. The van der Waals surface area contributed by atoms with E-state index >= 15 is 0 Å². The number of amides is 3. The van der Waals surface area contributed by atoms with Gasteiger partial charge in [-0.3, -0.25) is 14.4 Å². The highest BCUT2D eigenvalue weighted by Crippen LogP contribution is 2.19. The Hall–Kier alpha value is -4.17. The second-order valence-electron chi connectivity index (χ2n) is 11.5. The van der Waals surface area contributed by atoms with Crippen molar-refractivity contribution in [3.8, 4) is 5.75 Å². The normalized spacial score (nSPS) is 14.1. The van der Waals surface area contributed by atoms with E-state index in [1.165, 1.54) is 24.3 Å². The molecule has 0 heterocycles. The highest BCUT2D eigenvalue weighted by Gasteiger charge is 2.31. The Bertz CT molecular complexity index is 1260. The molecular weight excluding hydrogens is 607 g/mol. The molecule has 0 spiro atoms. The smallest absolute Gasteiger partial charge is 0.422 e. The fourth-order valence-corrected chi connectivity index (χ4v) is 4.57. The first-order chi connectivity index (χ1) is 21.7. The zero-order valence-electron chi connectivity index (χ0n) is 26.0. The van der Waals surface area contributed by atoms with E-state index in [0.717, 1.165) is 5.56 Å². The highest BCUT2D eigenvalue weighted by molar-refractivity contribution is 5.94. The lowest BCUT2D eigenvalue weighted by atomic mass is 9.99. The van der Waals surface area contributed by atoms with Crippen LogP contribution in [-0.4, -0.2) is 72.3 Å². The molecule has 3 amide bonds. The van der Waals surface area contributed by atoms with Crippen molar-refractivity contribution in [1.29, 1.82) is 0 Å². The molecule has 46 heavy (non-hydrogen) atoms. The first kappa shape index (κ1) is 38.0. The van der Waals surface area contributed by atoms with E-state index in [-0.39, 0.29) is 37.4 Å². The molecule has 0 saturated carbocycles. The van der Waals surface area contributed by atoms with Gasteiger partial charge in [-0.05, 0) is 67.8 Å². The number of nitrogens with two attached hydrogens (primary N) is 2. The summed E-state index contributed by atoms with van der Waals surface area (Å²) in [6, 6.07) is 9.98. The maximum atomic E-state index is 13.6. The summed E-state index contributed by atoms with van der Waals surface area (Å²) in [6.07, 6.45) is -3.04. The summed E-state index contributed by atoms with van der Waals surface area (Å²) >= 11 is 0. The zero-order valence-corrected chi connectivity index (χ0v) is 26.0. The lowest BCUT2D eigenvalue weighted by Gasteiger charge is -2.26. The van der Waals surface area contributed by atoms with Crippen molar-refractivity contribution in [3.05, 3.63) is 65.7 Å². The van der Waals surface area contributed by atoms with Gasteiger partial charge in [-0.1, -0.05) is 56.3 Å². The average Bonchev–Trinajstić information content (AvgIpc) is 2.99. The number of alkyl halides is 3. The number of ether oxygens (including phenoxy) is 1. The van der Waals surface area contributed by atoms with E-state index < -0.39 is 60.6 Å². The van der Waals surface area contributed by atoms with Crippen molar-refractivity contribution in [2.75, 3.05) is 13.2 Å². The number of rotatable bonds is 19. The summed E-state index contributed by atoms with van der Waals surface area (Å²) < 4.78 is 42.4. The van der Waals surface area contributed by atoms with E-state index in [2.05, 4.69) is 16.0 Å². The number of hydrogen-bond donors (Lipinski definition) is 6. The van der Waals surface area contributed by atoms with Gasteiger partial charge in [0.05, 0.1) is 6.04 Å². The quantitative estimate of drug-likeness (QED) is 0.125. The molecule has 0 aliphatic rings. The van der Waals surface area contributed by atoms with Crippen molar-refractivity contribution in [2.24, 2.45) is 17.4 Å². The maximum Gasteiger partial charge on any atom is 0.422 e. The van der Waals surface area contributed by atoms with Gasteiger partial charge in [0, 0.05) is 6.42 Å². The topological polar surface area (TPSA) is 186 Å². The molecular formula is C32H44F3N5O6. The minimum atomic E-state index is -4.52. The number of aliphatic carboxylic acids is 1. The number of carbonyl (C=O) groups excluding carboxylic acids is 3. The number of unbranched alkanes of at least 4 members (excludes halogenated alkanes) is 1. The minimum Gasteiger partial charge on any atom is -0.484 e. The predicted molar refractivity (Wildman–Crippen MR) is 166 cm³/mol. The van der Waals surface area contributed by atoms with Gasteiger partial charge in [-0.25, -0.2) is 4.79 Å². The third-order valence-electron chi connectivity index (χ3n) is 6.94. The Kier molecular flexibility index (Phi) is 15.5. The molecule has 11 nitrogen and oxygen atoms in total. The third kappa shape index (κ3) is 14.3. The predicted octanol–water partition coefficient (Wildman–Crippen LogP) is 2.45. The van der Waals surface area contributed by atoms with Gasteiger partial charge in [-0.2, -0.15) is 13.2 Å². The van der Waals surface area contributed by atoms with Crippen LogP contribution in [0.5, 0.6) is 5.75 Å². The molecule has 0 bridgehead atoms. The van der Waals surface area contributed by atoms with Crippen LogP contribution in [0.2, 0.25) is 0 Å². The van der Waals surface area contributed by atoms with Crippen LogP contribution in [-0.2, 0) is 32.0 Å². The Labute approximate surface area is 266 Å². The van der Waals surface area contributed by atoms with Crippen molar-refractivity contribution in [3.63, 3.8) is 0 Å². The molecule has 8 N–H and O–H groups in total. The van der Waals surface area contributed by atoms with Crippen LogP contribution in [0.3, 0.4) is 0 Å². The van der Waals surface area contributed by atoms with Crippen LogP contribution in [0.4, 0.5) is 13.2 Å². The molecule has 254 valence electrons. The molecule has 0 saturated heterocycles. The van der Waals surface area contributed by atoms with Crippen LogP contribution >= 0.6 is 0 Å². The largest absolute Gasteiger partial charge is 0.484 e. The Morgan fingerprint density at radius 3 is 1.93 bits per heavy atom. The van der Waals surface area contributed by atoms with Crippen molar-refractivity contribution < 1.29 is 42.2 Å². The highest BCUT2D eigenvalue weighted by atomic mass is 19.4. The van der Waals surface area contributed by atoms with Gasteiger partial charge < -0.3 is 37.3 Å². The van der Waals surface area contributed by atoms with Crippen molar-refractivity contribution in [2.45, 2.75) is 82.7 Å². The average molecular weight is 652 g/mol. The second kappa shape index (κ2) is 18.7. The van der Waals surface area contributed by atoms with E-state index in [4.69, 9.17) is 16.2 Å². The van der Waals surface area contributed by atoms with E-state index in [9.17, 15) is 37.5 Å². The Balaban J connectivity index is 2.26. The summed E-state index contributed by atoms with van der Waals surface area (Å²) in [5.41, 5.74) is 12.9. The van der Waals surface area contributed by atoms with Gasteiger partial charge in [-0.15, -0.1) is 0 Å². The van der Waals surface area contributed by atoms with E-state index in [1.54, 1.807) is 24.3 Å². The van der Waals surface area contributed by atoms with Crippen molar-refractivity contribution in [1.82, 2.24) is 16.0 Å². The van der Waals surface area contributed by atoms with E-state index in [0.29, 0.717) is 24.9 Å². The first-order valence-electron chi connectivity index (χ1n) is 15.1. The number of nitrogens with one attached hydrogen (secondary N) is 3. The zero-order chi connectivity index (χ0) is 34.3. The number of benzene rings is 2. The number of carbonyl (C=O) groups is 4. The molecule has 0 radical (unpaired) electrons. The molecule has 0 unspecified atom stereocenters. The van der Waals surface area contributed by atoms with E-state index in [1.807, 2.05) is 19.9 Å². The first-order valence-corrected chi connectivity index (χ1v) is 15.1. The third-order valence-corrected chi connectivity index (χ3v) is 6.94. The Morgan fingerprint density at radius 2 is 1.37 bits per heavy atom. The lowest BCUT2D eigenvalue weighted by Crippen LogP contribution is -2.58. The van der Waals surface area contributed by atoms with Crippen molar-refractivity contribution >= 4 is 23.7 Å². The van der Waals surface area contributed by atoms with Gasteiger partial charge in [0.1, 0.15) is 23.9 Å². The number of carboxylic acid groups (broad SMARTS) is 1. The summed E-state index contributed by atoms with van der Waals surface area (Å²) in [5, 5.41) is 17.4. The molecule has 0 aromatic heterocycles. The van der Waals surface area contributed by atoms with Gasteiger partial charge in [0.25, 0.3) is 0 Å². The SMILES string of the molecule is CC(C)C[C@@H](NC(=O)[C@@H](Cc1ccc(OCC(F)(F)F)cc1)NC(=O)[C@H](N)Cc1ccccc1)C(=O)N[C@H](CCCCN)C(=O)O. The Morgan fingerprint density at radius 1 is 0.804 bits per heavy atom. The maximum absolute atomic E-state index is 13.6. The molecule has 0 aliphatic carbocycles. The summed E-state index contributed by atoms with van der Waals surface area (Å²) in [6.45, 7) is 2.55. The minimum absolute atomic E-state index is 0.0379. The molecule has 2 aromatic carbocycles. The molecule has 2 aromatic rings. The second-order valence-corrected chi connectivity index (χ2v) is 11.5. The summed E-state index contributed by atoms with van der Waals surface area (Å²) in [4.78, 5) is 51.8. The molecule has 4 atom stereocenters. The monoisotopic (exact) mass is 651 g/mol. The molecule has 2 rings (SSSR count). The molecule has 14 heteroatoms. The van der Waals surface area contributed by atoms with Crippen LogP contribution in [0, 0.1) is 5.92 Å². The summed E-state index contributed by atoms with van der Waals surface area (Å²) in [7, 11) is 0. The van der Waals surface area contributed by atoms with Crippen LogP contribution < -0.4 is 32.2 Å². The number of hydrogen-bond acceptors (Lipinski definition) is 7. The summed E-state index contributed by atoms with van der Waals surface area (Å²) in [5.74, 6) is -3.39. The molecule has 0 fully saturated rings. The van der Waals surface area contributed by atoms with Gasteiger partial charge in [0.15, 0.2) is 6.61 Å². The lowest BCUT2D eigenvalue weighted by molar-refractivity contribution is -0.153. The van der Waals surface area contributed by atoms with Crippen LogP contribution in [0.15, 0.2) is 54.6 Å².